The maximum absolute atomic E-state index is 13.6. The standard InChI is InChI=1S/C30H36F3N3O6/c1-29(2,3)21-10-8-19(9-11-21)25(14-18-4-6-20(7-5-18)27(39)34-13-12-26(37)38)28(40)35-23-15-22(30(31,32)33)16-24(17-23)36(41)42/h4-7,15-17,19,21,25H,8-14H2,1-3H3,(H,34,39)(H,35,40)(H,37,38). The molecule has 0 aliphatic heterocycles. The summed E-state index contributed by atoms with van der Waals surface area (Å²) in [5, 5.41) is 25.1. The number of carbonyl (C=O) groups excluding carboxylic acids is 2. The molecule has 1 fully saturated rings. The predicted octanol–water partition coefficient (Wildman–Crippen LogP) is 6.47. The van der Waals surface area contributed by atoms with Crippen LogP contribution >= 0.6 is 0 Å². The summed E-state index contributed by atoms with van der Waals surface area (Å²) in [6.07, 6.45) is -1.53. The number of nitro benzene ring substituents is 1. The lowest BCUT2D eigenvalue weighted by molar-refractivity contribution is -0.385. The Balaban J connectivity index is 1.84. The highest BCUT2D eigenvalue weighted by Gasteiger charge is 2.37. The Kier molecular flexibility index (Phi) is 10.3. The van der Waals surface area contributed by atoms with E-state index in [2.05, 4.69) is 31.4 Å². The minimum absolute atomic E-state index is 0.0247. The number of halogens is 3. The van der Waals surface area contributed by atoms with Gasteiger partial charge < -0.3 is 15.7 Å². The Hall–Kier alpha value is -3.96. The van der Waals surface area contributed by atoms with E-state index in [-0.39, 0.29) is 36.4 Å². The molecule has 2 aromatic carbocycles. The van der Waals surface area contributed by atoms with Crippen molar-refractivity contribution in [2.24, 2.45) is 23.2 Å². The summed E-state index contributed by atoms with van der Waals surface area (Å²) in [6, 6.07) is 8.53. The number of anilines is 1. The van der Waals surface area contributed by atoms with Crippen LogP contribution in [0.5, 0.6) is 0 Å². The molecular weight excluding hydrogens is 555 g/mol. The van der Waals surface area contributed by atoms with Gasteiger partial charge in [0.05, 0.1) is 16.9 Å². The Labute approximate surface area is 242 Å². The van der Waals surface area contributed by atoms with Gasteiger partial charge in [0.15, 0.2) is 0 Å². The fourth-order valence-electron chi connectivity index (χ4n) is 5.48. The van der Waals surface area contributed by atoms with Crippen molar-refractivity contribution in [2.75, 3.05) is 11.9 Å². The van der Waals surface area contributed by atoms with Crippen LogP contribution in [0, 0.1) is 33.3 Å². The number of nitrogens with one attached hydrogen (secondary N) is 2. The SMILES string of the molecule is CC(C)(C)C1CCC(C(Cc2ccc(C(=O)NCCC(=O)O)cc2)C(=O)Nc2cc([N+](=O)[O-])cc(C(F)(F)F)c2)CC1. The molecule has 2 amide bonds. The van der Waals surface area contributed by atoms with Crippen molar-refractivity contribution >= 4 is 29.2 Å². The highest BCUT2D eigenvalue weighted by atomic mass is 19.4. The fourth-order valence-corrected chi connectivity index (χ4v) is 5.48. The largest absolute Gasteiger partial charge is 0.481 e. The molecule has 1 aliphatic carbocycles. The third-order valence-corrected chi connectivity index (χ3v) is 7.92. The first-order chi connectivity index (χ1) is 19.5. The molecule has 1 unspecified atom stereocenters. The van der Waals surface area contributed by atoms with Gasteiger partial charge in [0.2, 0.25) is 5.91 Å². The van der Waals surface area contributed by atoms with Crippen LogP contribution in [0.4, 0.5) is 24.5 Å². The van der Waals surface area contributed by atoms with E-state index in [4.69, 9.17) is 5.11 Å². The first-order valence-corrected chi connectivity index (χ1v) is 13.8. The van der Waals surface area contributed by atoms with Crippen LogP contribution in [0.15, 0.2) is 42.5 Å². The van der Waals surface area contributed by atoms with Gasteiger partial charge in [0.25, 0.3) is 11.6 Å². The quantitative estimate of drug-likeness (QED) is 0.214. The van der Waals surface area contributed by atoms with Gasteiger partial charge in [-0.1, -0.05) is 32.9 Å². The zero-order valence-electron chi connectivity index (χ0n) is 23.8. The molecule has 0 heterocycles. The molecule has 9 nitrogen and oxygen atoms in total. The fraction of sp³-hybridized carbons (Fsp3) is 0.500. The average molecular weight is 592 g/mol. The van der Waals surface area contributed by atoms with Gasteiger partial charge >= 0.3 is 12.1 Å². The Morgan fingerprint density at radius 3 is 2.17 bits per heavy atom. The van der Waals surface area contributed by atoms with Crippen LogP contribution in [0.3, 0.4) is 0 Å². The molecule has 2 aromatic rings. The number of carbonyl (C=O) groups is 3. The number of rotatable bonds is 10. The molecule has 0 aromatic heterocycles. The molecule has 42 heavy (non-hydrogen) atoms. The number of nitrogens with zero attached hydrogens (tertiary/aromatic N) is 1. The van der Waals surface area contributed by atoms with Gasteiger partial charge in [0, 0.05) is 35.8 Å². The van der Waals surface area contributed by atoms with Gasteiger partial charge in [-0.3, -0.25) is 24.5 Å². The molecule has 1 aliphatic rings. The van der Waals surface area contributed by atoms with E-state index in [9.17, 15) is 37.7 Å². The number of nitro groups is 1. The molecule has 1 atom stereocenters. The number of carboxylic acid groups (broad SMARTS) is 1. The Morgan fingerprint density at radius 1 is 1.02 bits per heavy atom. The summed E-state index contributed by atoms with van der Waals surface area (Å²) in [7, 11) is 0. The zero-order valence-corrected chi connectivity index (χ0v) is 23.8. The second-order valence-corrected chi connectivity index (χ2v) is 11.9. The van der Waals surface area contributed by atoms with Crippen molar-refractivity contribution < 1.29 is 37.6 Å². The van der Waals surface area contributed by atoms with Crippen molar-refractivity contribution in [2.45, 2.75) is 65.5 Å². The van der Waals surface area contributed by atoms with Crippen molar-refractivity contribution in [3.8, 4) is 0 Å². The topological polar surface area (TPSA) is 139 Å². The van der Waals surface area contributed by atoms with Crippen LogP contribution in [0.1, 0.15) is 74.4 Å². The molecule has 0 spiro atoms. The maximum atomic E-state index is 13.6. The van der Waals surface area contributed by atoms with E-state index in [0.29, 0.717) is 23.6 Å². The third-order valence-electron chi connectivity index (χ3n) is 7.92. The van der Waals surface area contributed by atoms with E-state index in [1.807, 2.05) is 0 Å². The number of hydrogen-bond acceptors (Lipinski definition) is 5. The van der Waals surface area contributed by atoms with E-state index in [1.165, 1.54) is 0 Å². The highest BCUT2D eigenvalue weighted by Crippen LogP contribution is 2.43. The minimum atomic E-state index is -4.84. The van der Waals surface area contributed by atoms with E-state index >= 15 is 0 Å². The van der Waals surface area contributed by atoms with Gasteiger partial charge in [-0.05, 0) is 73.1 Å². The van der Waals surface area contributed by atoms with Gasteiger partial charge in [-0.2, -0.15) is 13.2 Å². The van der Waals surface area contributed by atoms with Gasteiger partial charge in [-0.25, -0.2) is 0 Å². The smallest absolute Gasteiger partial charge is 0.416 e. The molecule has 228 valence electrons. The predicted molar refractivity (Wildman–Crippen MR) is 150 cm³/mol. The summed E-state index contributed by atoms with van der Waals surface area (Å²) >= 11 is 0. The number of non-ortho nitro benzene ring substituents is 1. The van der Waals surface area contributed by atoms with Crippen molar-refractivity contribution in [3.05, 3.63) is 69.3 Å². The molecule has 0 saturated heterocycles. The molecule has 0 bridgehead atoms. The summed E-state index contributed by atoms with van der Waals surface area (Å²) in [5.41, 5.74) is -1.17. The number of hydrogen-bond donors (Lipinski definition) is 3. The minimum Gasteiger partial charge on any atom is -0.481 e. The average Bonchev–Trinajstić information content (AvgIpc) is 2.90. The summed E-state index contributed by atoms with van der Waals surface area (Å²) < 4.78 is 40.3. The summed E-state index contributed by atoms with van der Waals surface area (Å²) in [5.74, 6) is -2.24. The lowest BCUT2D eigenvalue weighted by atomic mass is 9.66. The van der Waals surface area contributed by atoms with Gasteiger partial charge in [-0.15, -0.1) is 0 Å². The molecule has 3 N–H and O–H groups in total. The number of amides is 2. The lowest BCUT2D eigenvalue weighted by Crippen LogP contribution is -2.35. The number of carboxylic acids is 1. The van der Waals surface area contributed by atoms with Crippen molar-refractivity contribution in [1.29, 1.82) is 0 Å². The van der Waals surface area contributed by atoms with E-state index < -0.39 is 46.1 Å². The zero-order chi connectivity index (χ0) is 31.2. The summed E-state index contributed by atoms with van der Waals surface area (Å²) in [4.78, 5) is 46.9. The second-order valence-electron chi connectivity index (χ2n) is 11.9. The maximum Gasteiger partial charge on any atom is 0.416 e. The second kappa shape index (κ2) is 13.3. The molecule has 3 rings (SSSR count). The first kappa shape index (κ1) is 32.6. The highest BCUT2D eigenvalue weighted by molar-refractivity contribution is 5.95. The third kappa shape index (κ3) is 9.02. The lowest BCUT2D eigenvalue weighted by Gasteiger charge is -2.39. The van der Waals surface area contributed by atoms with Crippen molar-refractivity contribution in [3.63, 3.8) is 0 Å². The molecular formula is C30H36F3N3O6. The van der Waals surface area contributed by atoms with E-state index in [0.717, 1.165) is 37.3 Å². The van der Waals surface area contributed by atoms with Crippen LogP contribution in [-0.4, -0.2) is 34.4 Å². The van der Waals surface area contributed by atoms with Crippen LogP contribution in [-0.2, 0) is 22.2 Å². The Bertz CT molecular complexity index is 1300. The summed E-state index contributed by atoms with van der Waals surface area (Å²) in [6.45, 7) is 6.48. The monoisotopic (exact) mass is 591 g/mol. The van der Waals surface area contributed by atoms with Crippen molar-refractivity contribution in [1.82, 2.24) is 5.32 Å². The Morgan fingerprint density at radius 2 is 1.64 bits per heavy atom. The van der Waals surface area contributed by atoms with Gasteiger partial charge in [0.1, 0.15) is 0 Å². The normalized spacial score (nSPS) is 18.1. The van der Waals surface area contributed by atoms with Crippen LogP contribution in [0.25, 0.3) is 0 Å². The van der Waals surface area contributed by atoms with E-state index in [1.54, 1.807) is 24.3 Å². The molecule has 12 heteroatoms. The number of benzene rings is 2. The van der Waals surface area contributed by atoms with Crippen LogP contribution < -0.4 is 10.6 Å². The first-order valence-electron chi connectivity index (χ1n) is 13.8. The number of alkyl halides is 3. The molecule has 1 saturated carbocycles. The van der Waals surface area contributed by atoms with Crippen LogP contribution in [0.2, 0.25) is 0 Å². The molecule has 0 radical (unpaired) electrons. The number of aliphatic carboxylic acids is 1.